The molecule has 1 aromatic heterocycles. The highest BCUT2D eigenvalue weighted by molar-refractivity contribution is 7.15. The number of rotatable bonds is 4. The maximum atomic E-state index is 4.74. The molecule has 0 bridgehead atoms. The van der Waals surface area contributed by atoms with Crippen LogP contribution in [0.3, 0.4) is 0 Å². The number of thiazole rings is 1. The van der Waals surface area contributed by atoms with Gasteiger partial charge in [0.2, 0.25) is 0 Å². The first-order chi connectivity index (χ1) is 9.79. The number of hydrogen-bond acceptors (Lipinski definition) is 4. The second-order valence-corrected chi connectivity index (χ2v) is 7.31. The molecule has 0 radical (unpaired) electrons. The maximum Gasteiger partial charge on any atom is 0.185 e. The molecule has 1 aliphatic heterocycles. The largest absolute Gasteiger partial charge is 0.345 e. The lowest BCUT2D eigenvalue weighted by molar-refractivity contribution is 0.243. The molecule has 1 saturated carbocycles. The van der Waals surface area contributed by atoms with Crippen molar-refractivity contribution < 1.29 is 0 Å². The quantitative estimate of drug-likeness (QED) is 0.910. The normalized spacial score (nSPS) is 28.2. The van der Waals surface area contributed by atoms with Gasteiger partial charge >= 0.3 is 0 Å². The SMILES string of the molecule is CCNC(C)c1cnc(N2CCCC3CCCCC32)s1. The van der Waals surface area contributed by atoms with Crippen molar-refractivity contribution >= 4 is 16.5 Å². The molecule has 112 valence electrons. The Morgan fingerprint density at radius 2 is 2.15 bits per heavy atom. The molecule has 3 atom stereocenters. The molecule has 2 heterocycles. The Kier molecular flexibility index (Phi) is 4.61. The van der Waals surface area contributed by atoms with E-state index in [-0.39, 0.29) is 0 Å². The van der Waals surface area contributed by atoms with Crippen molar-refractivity contribution in [2.24, 2.45) is 5.92 Å². The Labute approximate surface area is 126 Å². The summed E-state index contributed by atoms with van der Waals surface area (Å²) in [7, 11) is 0. The molecule has 3 nitrogen and oxygen atoms in total. The number of nitrogens with zero attached hydrogens (tertiary/aromatic N) is 2. The van der Waals surface area contributed by atoms with Crippen LogP contribution in [0.5, 0.6) is 0 Å². The summed E-state index contributed by atoms with van der Waals surface area (Å²) < 4.78 is 0. The van der Waals surface area contributed by atoms with E-state index in [2.05, 4.69) is 30.3 Å². The number of fused-ring (bicyclic) bond motifs is 1. The van der Waals surface area contributed by atoms with Crippen LogP contribution in [-0.4, -0.2) is 24.1 Å². The van der Waals surface area contributed by atoms with E-state index in [1.807, 2.05) is 11.3 Å². The number of aromatic nitrogens is 1. The minimum absolute atomic E-state index is 0.429. The zero-order chi connectivity index (χ0) is 13.9. The summed E-state index contributed by atoms with van der Waals surface area (Å²) in [5, 5.41) is 4.75. The van der Waals surface area contributed by atoms with Crippen LogP contribution in [0.25, 0.3) is 0 Å². The van der Waals surface area contributed by atoms with Crippen molar-refractivity contribution in [1.29, 1.82) is 0 Å². The fourth-order valence-corrected chi connectivity index (χ4v) is 4.90. The van der Waals surface area contributed by atoms with Crippen LogP contribution in [0, 0.1) is 5.92 Å². The van der Waals surface area contributed by atoms with Crippen LogP contribution in [0.4, 0.5) is 5.13 Å². The van der Waals surface area contributed by atoms with E-state index < -0.39 is 0 Å². The lowest BCUT2D eigenvalue weighted by Gasteiger charge is -2.44. The Morgan fingerprint density at radius 3 is 3.00 bits per heavy atom. The lowest BCUT2D eigenvalue weighted by atomic mass is 9.78. The molecule has 1 N–H and O–H groups in total. The van der Waals surface area contributed by atoms with Gasteiger partial charge in [-0.1, -0.05) is 19.8 Å². The van der Waals surface area contributed by atoms with Crippen molar-refractivity contribution in [3.63, 3.8) is 0 Å². The average molecular weight is 293 g/mol. The summed E-state index contributed by atoms with van der Waals surface area (Å²) in [5.41, 5.74) is 0. The van der Waals surface area contributed by atoms with Crippen LogP contribution in [0.1, 0.15) is 63.3 Å². The third kappa shape index (κ3) is 2.86. The summed E-state index contributed by atoms with van der Waals surface area (Å²) in [4.78, 5) is 8.74. The molecule has 1 aromatic rings. The summed E-state index contributed by atoms with van der Waals surface area (Å²) >= 11 is 1.90. The Hall–Kier alpha value is -0.610. The summed E-state index contributed by atoms with van der Waals surface area (Å²) in [6.07, 6.45) is 10.5. The summed E-state index contributed by atoms with van der Waals surface area (Å²) in [6, 6.07) is 1.20. The molecule has 2 fully saturated rings. The first-order valence-corrected chi connectivity index (χ1v) is 9.07. The fraction of sp³-hybridized carbons (Fsp3) is 0.812. The molecule has 2 aliphatic rings. The number of nitrogens with one attached hydrogen (secondary N) is 1. The number of hydrogen-bond donors (Lipinski definition) is 1. The van der Waals surface area contributed by atoms with Crippen molar-refractivity contribution in [2.45, 2.75) is 64.5 Å². The van der Waals surface area contributed by atoms with E-state index in [4.69, 9.17) is 4.98 Å². The van der Waals surface area contributed by atoms with Crippen LogP contribution in [-0.2, 0) is 0 Å². The Balaban J connectivity index is 1.74. The highest BCUT2D eigenvalue weighted by Gasteiger charge is 2.34. The van der Waals surface area contributed by atoms with E-state index in [0.29, 0.717) is 6.04 Å². The Bertz CT molecular complexity index is 429. The van der Waals surface area contributed by atoms with Crippen molar-refractivity contribution in [1.82, 2.24) is 10.3 Å². The second-order valence-electron chi connectivity index (χ2n) is 6.27. The van der Waals surface area contributed by atoms with Crippen LogP contribution in [0.2, 0.25) is 0 Å². The molecular formula is C16H27N3S. The van der Waals surface area contributed by atoms with Gasteiger partial charge in [0, 0.05) is 29.7 Å². The van der Waals surface area contributed by atoms with Gasteiger partial charge in [-0.3, -0.25) is 0 Å². The topological polar surface area (TPSA) is 28.2 Å². The van der Waals surface area contributed by atoms with Gasteiger partial charge in [0.1, 0.15) is 0 Å². The van der Waals surface area contributed by atoms with Gasteiger partial charge in [0.15, 0.2) is 5.13 Å². The third-order valence-corrected chi connectivity index (χ3v) is 6.15. The van der Waals surface area contributed by atoms with Crippen molar-refractivity contribution in [3.8, 4) is 0 Å². The van der Waals surface area contributed by atoms with Crippen LogP contribution < -0.4 is 10.2 Å². The summed E-state index contributed by atoms with van der Waals surface area (Å²) in [5.74, 6) is 0.927. The Morgan fingerprint density at radius 1 is 1.35 bits per heavy atom. The van der Waals surface area contributed by atoms with E-state index in [9.17, 15) is 0 Å². The zero-order valence-electron chi connectivity index (χ0n) is 12.8. The number of piperidine rings is 1. The molecule has 3 rings (SSSR count). The molecule has 20 heavy (non-hydrogen) atoms. The van der Waals surface area contributed by atoms with Gasteiger partial charge < -0.3 is 10.2 Å². The monoisotopic (exact) mass is 293 g/mol. The van der Waals surface area contributed by atoms with E-state index >= 15 is 0 Å². The highest BCUT2D eigenvalue weighted by atomic mass is 32.1. The first kappa shape index (κ1) is 14.3. The molecule has 0 amide bonds. The van der Waals surface area contributed by atoms with Crippen molar-refractivity contribution in [2.75, 3.05) is 18.0 Å². The molecule has 1 saturated heterocycles. The van der Waals surface area contributed by atoms with Gasteiger partial charge in [0.25, 0.3) is 0 Å². The van der Waals surface area contributed by atoms with Gasteiger partial charge in [-0.05, 0) is 45.1 Å². The third-order valence-electron chi connectivity index (χ3n) is 4.94. The lowest BCUT2D eigenvalue weighted by Crippen LogP contribution is -2.46. The standard InChI is InChI=1S/C16H27N3S/c1-3-17-12(2)15-11-18-16(20-15)19-10-6-8-13-7-4-5-9-14(13)19/h11-14,17H,3-10H2,1-2H3. The van der Waals surface area contributed by atoms with E-state index in [1.54, 1.807) is 0 Å². The highest BCUT2D eigenvalue weighted by Crippen LogP contribution is 2.39. The first-order valence-electron chi connectivity index (χ1n) is 8.25. The molecular weight excluding hydrogens is 266 g/mol. The van der Waals surface area contributed by atoms with E-state index in [1.165, 1.54) is 55.1 Å². The minimum Gasteiger partial charge on any atom is -0.345 e. The van der Waals surface area contributed by atoms with Gasteiger partial charge in [-0.2, -0.15) is 0 Å². The van der Waals surface area contributed by atoms with E-state index in [0.717, 1.165) is 18.5 Å². The fourth-order valence-electron chi connectivity index (χ4n) is 3.88. The molecule has 0 aromatic carbocycles. The smallest absolute Gasteiger partial charge is 0.185 e. The average Bonchev–Trinajstić information content (AvgIpc) is 2.97. The summed E-state index contributed by atoms with van der Waals surface area (Å²) in [6.45, 7) is 6.63. The number of anilines is 1. The minimum atomic E-state index is 0.429. The van der Waals surface area contributed by atoms with Gasteiger partial charge in [0.05, 0.1) is 0 Å². The molecule has 3 unspecified atom stereocenters. The van der Waals surface area contributed by atoms with Crippen molar-refractivity contribution in [3.05, 3.63) is 11.1 Å². The maximum absolute atomic E-state index is 4.74. The predicted octanol–water partition coefficient (Wildman–Crippen LogP) is 3.97. The predicted molar refractivity (Wildman–Crippen MR) is 86.5 cm³/mol. The zero-order valence-corrected chi connectivity index (χ0v) is 13.6. The van der Waals surface area contributed by atoms with Gasteiger partial charge in [-0.25, -0.2) is 4.98 Å². The van der Waals surface area contributed by atoms with Gasteiger partial charge in [-0.15, -0.1) is 11.3 Å². The van der Waals surface area contributed by atoms with Crippen LogP contribution in [0.15, 0.2) is 6.20 Å². The van der Waals surface area contributed by atoms with Crippen LogP contribution >= 0.6 is 11.3 Å². The molecule has 4 heteroatoms. The molecule has 0 spiro atoms. The second kappa shape index (κ2) is 6.44. The molecule has 1 aliphatic carbocycles.